The zero-order valence-corrected chi connectivity index (χ0v) is 19.0. The minimum absolute atomic E-state index is 0.0209. The van der Waals surface area contributed by atoms with Crippen molar-refractivity contribution in [1.82, 2.24) is 19.7 Å². The molecular weight excluding hydrogens is 459 g/mol. The molecule has 174 valence electrons. The second-order valence-corrected chi connectivity index (χ2v) is 9.57. The molecule has 0 spiro atoms. The van der Waals surface area contributed by atoms with Gasteiger partial charge in [0.1, 0.15) is 22.9 Å². The van der Waals surface area contributed by atoms with E-state index in [2.05, 4.69) is 10.2 Å². The third kappa shape index (κ3) is 3.72. The third-order valence-corrected chi connectivity index (χ3v) is 7.05. The predicted molar refractivity (Wildman–Crippen MR) is 125 cm³/mol. The summed E-state index contributed by atoms with van der Waals surface area (Å²) in [7, 11) is 0. The summed E-state index contributed by atoms with van der Waals surface area (Å²) in [6.07, 6.45) is 4.82. The van der Waals surface area contributed by atoms with Crippen LogP contribution in [0.15, 0.2) is 51.9 Å². The van der Waals surface area contributed by atoms with Crippen molar-refractivity contribution in [2.75, 3.05) is 13.1 Å². The Morgan fingerprint density at radius 1 is 1.18 bits per heavy atom. The summed E-state index contributed by atoms with van der Waals surface area (Å²) >= 11 is 6.53. The molecule has 6 rings (SSSR count). The Kier molecular flexibility index (Phi) is 5.06. The second kappa shape index (κ2) is 8.13. The molecule has 2 aromatic heterocycles. The Bertz CT molecular complexity index is 1450. The van der Waals surface area contributed by atoms with Crippen LogP contribution in [0.1, 0.15) is 25.1 Å². The highest BCUT2D eigenvalue weighted by Gasteiger charge is 2.37. The summed E-state index contributed by atoms with van der Waals surface area (Å²) in [6, 6.07) is 10.4. The van der Waals surface area contributed by atoms with E-state index >= 15 is 4.39 Å². The molecular formula is C25H22ClFN4O3. The van der Waals surface area contributed by atoms with Crippen molar-refractivity contribution in [3.05, 3.63) is 69.8 Å². The van der Waals surface area contributed by atoms with Gasteiger partial charge in [0.05, 0.1) is 11.3 Å². The number of halogens is 2. The minimum atomic E-state index is -0.614. The number of furan rings is 1. The van der Waals surface area contributed by atoms with Gasteiger partial charge in [-0.05, 0) is 66.6 Å². The fourth-order valence-electron chi connectivity index (χ4n) is 4.84. The number of hydrogen-bond donors (Lipinski definition) is 1. The molecule has 0 radical (unpaired) electrons. The van der Waals surface area contributed by atoms with Gasteiger partial charge in [0.2, 0.25) is 5.91 Å². The van der Waals surface area contributed by atoms with Gasteiger partial charge in [-0.3, -0.25) is 4.79 Å². The van der Waals surface area contributed by atoms with E-state index in [1.54, 1.807) is 12.3 Å². The first-order valence-corrected chi connectivity index (χ1v) is 11.8. The number of carbonyl (C=O) groups is 1. The molecule has 2 fully saturated rings. The number of nitrogens with zero attached hydrogens (tertiary/aromatic N) is 3. The monoisotopic (exact) mass is 480 g/mol. The lowest BCUT2D eigenvalue weighted by atomic mass is 10.0. The van der Waals surface area contributed by atoms with E-state index in [0.29, 0.717) is 30.9 Å². The van der Waals surface area contributed by atoms with Crippen LogP contribution in [-0.4, -0.2) is 38.7 Å². The molecule has 1 N–H and O–H groups in total. The summed E-state index contributed by atoms with van der Waals surface area (Å²) in [6.45, 7) is 1.33. The maximum atomic E-state index is 15.4. The molecule has 34 heavy (non-hydrogen) atoms. The van der Waals surface area contributed by atoms with Gasteiger partial charge >= 0.3 is 5.69 Å². The topological polar surface area (TPSA) is 84.1 Å². The van der Waals surface area contributed by atoms with E-state index in [4.69, 9.17) is 16.0 Å². The van der Waals surface area contributed by atoms with Crippen LogP contribution >= 0.6 is 11.6 Å². The van der Waals surface area contributed by atoms with Crippen LogP contribution in [-0.2, 0) is 11.2 Å². The van der Waals surface area contributed by atoms with Crippen LogP contribution in [0.5, 0.6) is 0 Å². The maximum absolute atomic E-state index is 15.4. The number of aromatic nitrogens is 3. The van der Waals surface area contributed by atoms with Crippen LogP contribution in [0.2, 0.25) is 5.02 Å². The number of carbonyl (C=O) groups excluding carboxylic acids is 1. The highest BCUT2D eigenvalue weighted by molar-refractivity contribution is 6.32. The van der Waals surface area contributed by atoms with Gasteiger partial charge in [-0.25, -0.2) is 18.9 Å². The number of likely N-dealkylation sites (tertiary alicyclic amines) is 1. The largest absolute Gasteiger partial charge is 0.464 e. The number of aromatic amines is 1. The molecule has 9 heteroatoms. The molecule has 1 saturated carbocycles. The lowest BCUT2D eigenvalue weighted by molar-refractivity contribution is -0.131. The van der Waals surface area contributed by atoms with Crippen molar-refractivity contribution in [2.45, 2.75) is 25.7 Å². The number of nitrogens with one attached hydrogen (secondary N) is 1. The lowest BCUT2D eigenvalue weighted by Crippen LogP contribution is -2.30. The average molecular weight is 481 g/mol. The normalized spacial score (nSPS) is 18.2. The summed E-state index contributed by atoms with van der Waals surface area (Å²) in [5.41, 5.74) is 1.55. The number of rotatable bonds is 5. The fraction of sp³-hybridized carbons (Fsp3) is 0.320. The van der Waals surface area contributed by atoms with E-state index < -0.39 is 11.5 Å². The molecule has 1 aliphatic heterocycles. The molecule has 1 aliphatic carbocycles. The highest BCUT2D eigenvalue weighted by atomic mass is 35.5. The predicted octanol–water partition coefficient (Wildman–Crippen LogP) is 4.57. The summed E-state index contributed by atoms with van der Waals surface area (Å²) in [5, 5.41) is 7.60. The van der Waals surface area contributed by atoms with Gasteiger partial charge in [-0.15, -0.1) is 0 Å². The van der Waals surface area contributed by atoms with Crippen molar-refractivity contribution in [3.63, 3.8) is 0 Å². The molecule has 1 unspecified atom stereocenters. The second-order valence-electron chi connectivity index (χ2n) is 9.16. The molecule has 2 aromatic carbocycles. The fourth-order valence-corrected chi connectivity index (χ4v) is 5.13. The standard InChI is InChI=1S/C25H22ClFN4O3/c26-19-11-18(16-3-4-21-17(10-16)6-8-34-21)12-20(27)23(19)31-22(28-29-25(31)33)9-14-5-7-30(13-14)24(32)15-1-2-15/h3-4,6,8,10-12,14-15H,1-2,5,7,9,13H2,(H,29,33). The number of fused-ring (bicyclic) bond motifs is 1. The molecule has 1 amide bonds. The van der Waals surface area contributed by atoms with Gasteiger partial charge in [-0.2, -0.15) is 5.10 Å². The van der Waals surface area contributed by atoms with Gasteiger partial charge in [0, 0.05) is 30.8 Å². The Morgan fingerprint density at radius 3 is 2.82 bits per heavy atom. The molecule has 3 heterocycles. The lowest BCUT2D eigenvalue weighted by Gasteiger charge is -2.16. The third-order valence-electron chi connectivity index (χ3n) is 6.76. The SMILES string of the molecule is O=C(C1CC1)N1CCC(Cc2n[nH]c(=O)n2-c2c(F)cc(-c3ccc4occc4c3)cc2Cl)C1. The van der Waals surface area contributed by atoms with Gasteiger partial charge < -0.3 is 9.32 Å². The Balaban J connectivity index is 1.30. The van der Waals surface area contributed by atoms with E-state index in [1.807, 2.05) is 29.2 Å². The van der Waals surface area contributed by atoms with E-state index in [9.17, 15) is 9.59 Å². The first kappa shape index (κ1) is 21.2. The summed E-state index contributed by atoms with van der Waals surface area (Å²) in [5.74, 6) is 0.350. The van der Waals surface area contributed by atoms with Crippen molar-refractivity contribution < 1.29 is 13.6 Å². The number of hydrogen-bond acceptors (Lipinski definition) is 4. The average Bonchev–Trinajstić information content (AvgIpc) is 3.21. The molecule has 0 bridgehead atoms. The molecule has 1 atom stereocenters. The Hall–Kier alpha value is -3.39. The molecule has 7 nitrogen and oxygen atoms in total. The van der Waals surface area contributed by atoms with Crippen LogP contribution in [0.25, 0.3) is 27.8 Å². The first-order chi connectivity index (χ1) is 16.5. The molecule has 2 aliphatic rings. The maximum Gasteiger partial charge on any atom is 0.348 e. The Labute approximate surface area is 199 Å². The van der Waals surface area contributed by atoms with Crippen molar-refractivity contribution in [3.8, 4) is 16.8 Å². The van der Waals surface area contributed by atoms with Crippen LogP contribution in [0.3, 0.4) is 0 Å². The van der Waals surface area contributed by atoms with Crippen LogP contribution in [0, 0.1) is 17.7 Å². The van der Waals surface area contributed by atoms with Gasteiger partial charge in [0.15, 0.2) is 0 Å². The van der Waals surface area contributed by atoms with E-state index in [1.165, 1.54) is 10.6 Å². The van der Waals surface area contributed by atoms with Crippen LogP contribution < -0.4 is 5.69 Å². The van der Waals surface area contributed by atoms with Crippen molar-refractivity contribution in [2.24, 2.45) is 11.8 Å². The summed E-state index contributed by atoms with van der Waals surface area (Å²) < 4.78 is 22.0. The summed E-state index contributed by atoms with van der Waals surface area (Å²) in [4.78, 5) is 26.9. The smallest absolute Gasteiger partial charge is 0.348 e. The van der Waals surface area contributed by atoms with E-state index in [0.717, 1.165) is 35.8 Å². The molecule has 4 aromatic rings. The van der Waals surface area contributed by atoms with Crippen molar-refractivity contribution >= 4 is 28.5 Å². The van der Waals surface area contributed by atoms with E-state index in [-0.39, 0.29) is 28.5 Å². The Morgan fingerprint density at radius 2 is 2.03 bits per heavy atom. The number of benzene rings is 2. The number of H-pyrrole nitrogens is 1. The highest BCUT2D eigenvalue weighted by Crippen LogP contribution is 2.35. The van der Waals surface area contributed by atoms with Crippen LogP contribution in [0.4, 0.5) is 4.39 Å². The minimum Gasteiger partial charge on any atom is -0.464 e. The molecule has 1 saturated heterocycles. The first-order valence-electron chi connectivity index (χ1n) is 11.4. The van der Waals surface area contributed by atoms with Gasteiger partial charge in [0.25, 0.3) is 0 Å². The number of amides is 1. The van der Waals surface area contributed by atoms with Crippen molar-refractivity contribution in [1.29, 1.82) is 0 Å². The van der Waals surface area contributed by atoms with Gasteiger partial charge in [-0.1, -0.05) is 17.7 Å². The zero-order valence-electron chi connectivity index (χ0n) is 18.3. The quantitative estimate of drug-likeness (QED) is 0.453. The zero-order chi connectivity index (χ0) is 23.4.